The molecule has 2 atom stereocenters. The normalized spacial score (nSPS) is 18.9. The van der Waals surface area contributed by atoms with E-state index in [0.29, 0.717) is 17.6 Å². The number of aryl methyl sites for hydroxylation is 3. The molecule has 1 fully saturated rings. The molecule has 11 nitrogen and oxygen atoms in total. The van der Waals surface area contributed by atoms with Crippen molar-refractivity contribution < 1.29 is 4.42 Å². The molecule has 11 heteroatoms. The van der Waals surface area contributed by atoms with E-state index in [9.17, 15) is 0 Å². The van der Waals surface area contributed by atoms with Crippen molar-refractivity contribution in [1.82, 2.24) is 45.0 Å². The van der Waals surface area contributed by atoms with Crippen LogP contribution in [0, 0.1) is 13.8 Å². The van der Waals surface area contributed by atoms with Crippen LogP contribution >= 0.6 is 0 Å². The van der Waals surface area contributed by atoms with Crippen molar-refractivity contribution >= 4 is 17.0 Å². The highest BCUT2D eigenvalue weighted by Crippen LogP contribution is 2.29. The average Bonchev–Trinajstić information content (AvgIpc) is 3.47. The maximum absolute atomic E-state index is 5.56. The van der Waals surface area contributed by atoms with E-state index in [1.807, 2.05) is 11.5 Å². The molecule has 4 aromatic heterocycles. The van der Waals surface area contributed by atoms with Crippen LogP contribution < -0.4 is 10.6 Å². The van der Waals surface area contributed by atoms with Crippen LogP contribution in [-0.4, -0.2) is 52.3 Å². The van der Waals surface area contributed by atoms with Gasteiger partial charge >= 0.3 is 0 Å². The van der Waals surface area contributed by atoms with E-state index >= 15 is 0 Å². The number of nitrogens with one attached hydrogen (secondary N) is 2. The fourth-order valence-electron chi connectivity index (χ4n) is 3.75. The van der Waals surface area contributed by atoms with Gasteiger partial charge in [0.05, 0.1) is 11.6 Å². The van der Waals surface area contributed by atoms with Crippen molar-refractivity contribution in [2.24, 2.45) is 0 Å². The van der Waals surface area contributed by atoms with Gasteiger partial charge in [0.15, 0.2) is 17.0 Å². The number of rotatable bonds is 5. The molecule has 1 saturated heterocycles. The Bertz CT molecular complexity index is 1180. The number of imidazole rings is 1. The lowest BCUT2D eigenvalue weighted by atomic mass is 10.1. The summed E-state index contributed by atoms with van der Waals surface area (Å²) >= 11 is 0. The Morgan fingerprint density at radius 2 is 2.00 bits per heavy atom. The van der Waals surface area contributed by atoms with E-state index < -0.39 is 0 Å². The van der Waals surface area contributed by atoms with Crippen LogP contribution in [0.1, 0.15) is 37.0 Å². The van der Waals surface area contributed by atoms with Crippen molar-refractivity contribution in [3.8, 4) is 11.4 Å². The molecule has 30 heavy (non-hydrogen) atoms. The predicted molar refractivity (Wildman–Crippen MR) is 109 cm³/mol. The van der Waals surface area contributed by atoms with Crippen molar-refractivity contribution in [3.05, 3.63) is 36.3 Å². The highest BCUT2D eigenvalue weighted by molar-refractivity contribution is 5.86. The van der Waals surface area contributed by atoms with Gasteiger partial charge < -0.3 is 19.6 Å². The number of nitrogens with zero attached hydrogens (tertiary/aromatic N) is 8. The Balaban J connectivity index is 1.44. The molecule has 2 N–H and O–H groups in total. The second-order valence-corrected chi connectivity index (χ2v) is 7.29. The standard InChI is InChI=1S/C19H22N10O/c1-4-29-17(12-6-20-10(2)21-7-12)26-15-16(23-9-24-18(15)29)25-13-5-14(22-8-13)19-28-27-11(3)30-19/h6-7,9,13-14,22H,4-5,8H2,1-3H3,(H,23,24,25)/t13-,14+/m0/s1. The van der Waals surface area contributed by atoms with Crippen molar-refractivity contribution in [2.45, 2.75) is 45.8 Å². The summed E-state index contributed by atoms with van der Waals surface area (Å²) in [6.45, 7) is 7.19. The fourth-order valence-corrected chi connectivity index (χ4v) is 3.75. The number of hydrogen-bond acceptors (Lipinski definition) is 10. The van der Waals surface area contributed by atoms with Gasteiger partial charge in [0.1, 0.15) is 18.0 Å². The van der Waals surface area contributed by atoms with E-state index in [0.717, 1.165) is 47.9 Å². The molecular formula is C19H22N10O. The molecular weight excluding hydrogens is 384 g/mol. The van der Waals surface area contributed by atoms with E-state index in [-0.39, 0.29) is 12.1 Å². The van der Waals surface area contributed by atoms with Crippen LogP contribution in [0.5, 0.6) is 0 Å². The van der Waals surface area contributed by atoms with Crippen LogP contribution in [-0.2, 0) is 6.54 Å². The number of aromatic nitrogens is 8. The predicted octanol–water partition coefficient (Wildman–Crippen LogP) is 1.82. The van der Waals surface area contributed by atoms with Gasteiger partial charge in [-0.3, -0.25) is 0 Å². The molecule has 0 aromatic carbocycles. The van der Waals surface area contributed by atoms with Crippen LogP contribution in [0.3, 0.4) is 0 Å². The molecule has 0 bridgehead atoms. The molecule has 1 aliphatic heterocycles. The molecule has 0 saturated carbocycles. The van der Waals surface area contributed by atoms with Crippen molar-refractivity contribution in [3.63, 3.8) is 0 Å². The van der Waals surface area contributed by atoms with Gasteiger partial charge in [0.2, 0.25) is 11.8 Å². The van der Waals surface area contributed by atoms with Crippen LogP contribution in [0.4, 0.5) is 5.82 Å². The number of hydrogen-bond donors (Lipinski definition) is 2. The Kier molecular flexibility index (Phi) is 4.58. The lowest BCUT2D eigenvalue weighted by Crippen LogP contribution is -2.23. The van der Waals surface area contributed by atoms with Crippen molar-refractivity contribution in [1.29, 1.82) is 0 Å². The van der Waals surface area contributed by atoms with Gasteiger partial charge in [0.25, 0.3) is 0 Å². The van der Waals surface area contributed by atoms with E-state index in [4.69, 9.17) is 9.40 Å². The average molecular weight is 406 g/mol. The molecule has 0 unspecified atom stereocenters. The monoisotopic (exact) mass is 406 g/mol. The summed E-state index contributed by atoms with van der Waals surface area (Å²) in [6.07, 6.45) is 5.94. The Labute approximate surface area is 172 Å². The highest BCUT2D eigenvalue weighted by atomic mass is 16.4. The van der Waals surface area contributed by atoms with Gasteiger partial charge in [0, 0.05) is 38.4 Å². The molecule has 0 spiro atoms. The first-order chi connectivity index (χ1) is 14.6. The largest absolute Gasteiger partial charge is 0.424 e. The van der Waals surface area contributed by atoms with Gasteiger partial charge in [-0.15, -0.1) is 10.2 Å². The Hall–Kier alpha value is -3.47. The fraction of sp³-hybridized carbons (Fsp3) is 0.421. The third-order valence-corrected chi connectivity index (χ3v) is 5.20. The summed E-state index contributed by atoms with van der Waals surface area (Å²) in [4.78, 5) is 22.4. The Morgan fingerprint density at radius 3 is 2.73 bits per heavy atom. The third-order valence-electron chi connectivity index (χ3n) is 5.20. The molecule has 154 valence electrons. The van der Waals surface area contributed by atoms with E-state index in [2.05, 4.69) is 47.7 Å². The topological polar surface area (TPSA) is 132 Å². The maximum atomic E-state index is 5.56. The highest BCUT2D eigenvalue weighted by Gasteiger charge is 2.30. The quantitative estimate of drug-likeness (QED) is 0.505. The second kappa shape index (κ2) is 7.41. The lowest BCUT2D eigenvalue weighted by Gasteiger charge is -2.12. The maximum Gasteiger partial charge on any atom is 0.233 e. The summed E-state index contributed by atoms with van der Waals surface area (Å²) in [5.74, 6) is 3.38. The van der Waals surface area contributed by atoms with Gasteiger partial charge in [-0.1, -0.05) is 0 Å². The van der Waals surface area contributed by atoms with E-state index in [1.54, 1.807) is 25.6 Å². The second-order valence-electron chi connectivity index (χ2n) is 7.29. The molecule has 0 amide bonds. The zero-order valence-electron chi connectivity index (χ0n) is 17.0. The zero-order chi connectivity index (χ0) is 20.7. The van der Waals surface area contributed by atoms with Crippen LogP contribution in [0.15, 0.2) is 23.1 Å². The summed E-state index contributed by atoms with van der Waals surface area (Å²) in [7, 11) is 0. The molecule has 0 radical (unpaired) electrons. The number of fused-ring (bicyclic) bond motifs is 1. The number of anilines is 1. The lowest BCUT2D eigenvalue weighted by molar-refractivity contribution is 0.412. The zero-order valence-corrected chi connectivity index (χ0v) is 17.0. The summed E-state index contributed by atoms with van der Waals surface area (Å²) in [5, 5.41) is 15.0. The summed E-state index contributed by atoms with van der Waals surface area (Å²) in [5.41, 5.74) is 2.35. The first-order valence-corrected chi connectivity index (χ1v) is 9.92. The van der Waals surface area contributed by atoms with E-state index in [1.165, 1.54) is 0 Å². The SMILES string of the molecule is CCn1c(-c2cnc(C)nc2)nc2c(N[C@@H]3CN[C@@H](c4nnc(C)o4)C3)ncnc21. The van der Waals surface area contributed by atoms with Gasteiger partial charge in [-0.05, 0) is 20.3 Å². The van der Waals surface area contributed by atoms with Gasteiger partial charge in [-0.25, -0.2) is 24.9 Å². The first-order valence-electron chi connectivity index (χ1n) is 9.92. The molecule has 5 rings (SSSR count). The Morgan fingerprint density at radius 1 is 1.17 bits per heavy atom. The smallest absolute Gasteiger partial charge is 0.233 e. The molecule has 0 aliphatic carbocycles. The molecule has 4 aromatic rings. The minimum Gasteiger partial charge on any atom is -0.424 e. The summed E-state index contributed by atoms with van der Waals surface area (Å²) in [6, 6.07) is 0.174. The van der Waals surface area contributed by atoms with Crippen molar-refractivity contribution in [2.75, 3.05) is 11.9 Å². The first kappa shape index (κ1) is 18.6. The van der Waals surface area contributed by atoms with Crippen LogP contribution in [0.2, 0.25) is 0 Å². The summed E-state index contributed by atoms with van der Waals surface area (Å²) < 4.78 is 7.61. The minimum absolute atomic E-state index is 0.0227. The van der Waals surface area contributed by atoms with Crippen LogP contribution in [0.25, 0.3) is 22.6 Å². The third kappa shape index (κ3) is 3.26. The minimum atomic E-state index is 0.0227. The molecule has 5 heterocycles. The van der Waals surface area contributed by atoms with Gasteiger partial charge in [-0.2, -0.15) is 0 Å². The molecule has 1 aliphatic rings.